The van der Waals surface area contributed by atoms with E-state index in [9.17, 15) is 4.39 Å². The first-order chi connectivity index (χ1) is 7.65. The Balaban J connectivity index is 2.23. The molecule has 0 aliphatic heterocycles. The number of hydrogen-bond acceptors (Lipinski definition) is 1. The zero-order chi connectivity index (χ0) is 11.5. The van der Waals surface area contributed by atoms with Crippen molar-refractivity contribution in [1.29, 1.82) is 0 Å². The van der Waals surface area contributed by atoms with E-state index in [1.807, 2.05) is 12.1 Å². The van der Waals surface area contributed by atoms with Crippen LogP contribution < -0.4 is 4.74 Å². The minimum absolute atomic E-state index is 0.172. The Morgan fingerprint density at radius 1 is 1.06 bits per heavy atom. The van der Waals surface area contributed by atoms with Crippen molar-refractivity contribution >= 4 is 34.2 Å². The molecule has 0 heterocycles. The highest BCUT2D eigenvalue weighted by molar-refractivity contribution is 14.1. The lowest BCUT2D eigenvalue weighted by molar-refractivity contribution is 0.442. The van der Waals surface area contributed by atoms with Gasteiger partial charge in [-0.3, -0.25) is 0 Å². The first kappa shape index (κ1) is 11.7. The predicted octanol–water partition coefficient (Wildman–Crippen LogP) is 4.88. The van der Waals surface area contributed by atoms with Gasteiger partial charge in [0, 0.05) is 8.59 Å². The molecule has 0 atom stereocenters. The summed E-state index contributed by atoms with van der Waals surface area (Å²) in [6.07, 6.45) is 0. The molecule has 82 valence electrons. The van der Waals surface area contributed by atoms with E-state index in [2.05, 4.69) is 22.6 Å². The fraction of sp³-hybridized carbons (Fsp3) is 0. The van der Waals surface area contributed by atoms with Crippen LogP contribution in [0.25, 0.3) is 0 Å². The molecule has 0 amide bonds. The highest BCUT2D eigenvalue weighted by Crippen LogP contribution is 2.26. The summed E-state index contributed by atoms with van der Waals surface area (Å²) in [5, 5.41) is 0.354. The third kappa shape index (κ3) is 2.86. The van der Waals surface area contributed by atoms with E-state index in [1.165, 1.54) is 12.1 Å². The number of ether oxygens (including phenoxy) is 1. The Hall–Kier alpha value is -0.810. The van der Waals surface area contributed by atoms with Crippen LogP contribution in [0.15, 0.2) is 42.5 Å². The fourth-order valence-corrected chi connectivity index (χ4v) is 1.71. The normalized spacial score (nSPS) is 10.2. The van der Waals surface area contributed by atoms with E-state index in [0.717, 1.165) is 3.57 Å². The van der Waals surface area contributed by atoms with Crippen LogP contribution in [0, 0.1) is 9.39 Å². The van der Waals surface area contributed by atoms with Gasteiger partial charge in [-0.05, 0) is 65.1 Å². The monoisotopic (exact) mass is 348 g/mol. The molecular formula is C12H7ClFIO. The van der Waals surface area contributed by atoms with Gasteiger partial charge in [-0.1, -0.05) is 11.6 Å². The minimum Gasteiger partial charge on any atom is -0.454 e. The average molecular weight is 349 g/mol. The van der Waals surface area contributed by atoms with Gasteiger partial charge in [-0.15, -0.1) is 0 Å². The van der Waals surface area contributed by atoms with Crippen LogP contribution in [-0.4, -0.2) is 0 Å². The van der Waals surface area contributed by atoms with E-state index in [0.29, 0.717) is 10.8 Å². The van der Waals surface area contributed by atoms with Crippen molar-refractivity contribution in [2.45, 2.75) is 0 Å². The maximum Gasteiger partial charge on any atom is 0.167 e. The summed E-state index contributed by atoms with van der Waals surface area (Å²) in [6, 6.07) is 11.7. The van der Waals surface area contributed by atoms with Crippen molar-refractivity contribution in [3.05, 3.63) is 56.9 Å². The van der Waals surface area contributed by atoms with Gasteiger partial charge in [-0.25, -0.2) is 4.39 Å². The first-order valence-electron chi connectivity index (χ1n) is 4.53. The molecule has 0 aliphatic carbocycles. The number of benzene rings is 2. The number of rotatable bonds is 2. The zero-order valence-electron chi connectivity index (χ0n) is 8.08. The van der Waals surface area contributed by atoms with Crippen LogP contribution in [-0.2, 0) is 0 Å². The second kappa shape index (κ2) is 5.01. The molecule has 0 saturated heterocycles. The third-order valence-corrected chi connectivity index (χ3v) is 2.89. The van der Waals surface area contributed by atoms with Gasteiger partial charge in [0.25, 0.3) is 0 Å². The fourth-order valence-electron chi connectivity index (χ4n) is 1.19. The largest absolute Gasteiger partial charge is 0.454 e. The Morgan fingerprint density at radius 3 is 2.38 bits per heavy atom. The molecule has 0 radical (unpaired) electrons. The summed E-state index contributed by atoms with van der Waals surface area (Å²) in [5.41, 5.74) is 0. The Labute approximate surface area is 111 Å². The molecule has 0 saturated carbocycles. The van der Waals surface area contributed by atoms with Gasteiger partial charge < -0.3 is 4.74 Å². The Morgan fingerprint density at radius 2 is 1.75 bits per heavy atom. The van der Waals surface area contributed by atoms with Crippen molar-refractivity contribution in [2.75, 3.05) is 0 Å². The third-order valence-electron chi connectivity index (χ3n) is 1.94. The summed E-state index contributed by atoms with van der Waals surface area (Å²) in [4.78, 5) is 0. The van der Waals surface area contributed by atoms with Gasteiger partial charge in [0.2, 0.25) is 0 Å². The summed E-state index contributed by atoms with van der Waals surface area (Å²) in [7, 11) is 0. The molecule has 2 aromatic rings. The van der Waals surface area contributed by atoms with Crippen molar-refractivity contribution in [3.8, 4) is 11.5 Å². The lowest BCUT2D eigenvalue weighted by Gasteiger charge is -2.06. The van der Waals surface area contributed by atoms with E-state index < -0.39 is 5.82 Å². The number of halogens is 3. The molecule has 0 aromatic heterocycles. The summed E-state index contributed by atoms with van der Waals surface area (Å²) >= 11 is 7.84. The van der Waals surface area contributed by atoms with Crippen molar-refractivity contribution in [1.82, 2.24) is 0 Å². The molecule has 0 N–H and O–H groups in total. The second-order valence-electron chi connectivity index (χ2n) is 3.13. The van der Waals surface area contributed by atoms with E-state index in [1.54, 1.807) is 18.2 Å². The Kier molecular flexibility index (Phi) is 3.66. The maximum absolute atomic E-state index is 13.4. The lowest BCUT2D eigenvalue weighted by Crippen LogP contribution is -1.88. The molecule has 0 spiro atoms. The molecule has 16 heavy (non-hydrogen) atoms. The van der Waals surface area contributed by atoms with E-state index >= 15 is 0 Å². The highest BCUT2D eigenvalue weighted by Gasteiger charge is 2.05. The van der Waals surface area contributed by atoms with Crippen LogP contribution in [0.3, 0.4) is 0 Å². The quantitative estimate of drug-likeness (QED) is 0.703. The topological polar surface area (TPSA) is 9.23 Å². The van der Waals surface area contributed by atoms with Crippen molar-refractivity contribution in [3.63, 3.8) is 0 Å². The zero-order valence-corrected chi connectivity index (χ0v) is 11.0. The van der Waals surface area contributed by atoms with Gasteiger partial charge >= 0.3 is 0 Å². The van der Waals surface area contributed by atoms with E-state index in [-0.39, 0.29) is 5.75 Å². The van der Waals surface area contributed by atoms with Crippen LogP contribution in [0.4, 0.5) is 4.39 Å². The van der Waals surface area contributed by atoms with Gasteiger partial charge in [-0.2, -0.15) is 0 Å². The predicted molar refractivity (Wildman–Crippen MR) is 70.6 cm³/mol. The second-order valence-corrected chi connectivity index (χ2v) is 4.81. The standard InChI is InChI=1S/C12H7ClFIO/c13-8-1-6-12(11(14)7-8)16-10-4-2-9(15)3-5-10/h1-7H. The molecule has 2 aromatic carbocycles. The van der Waals surface area contributed by atoms with Crippen molar-refractivity contribution < 1.29 is 9.13 Å². The van der Waals surface area contributed by atoms with Gasteiger partial charge in [0.15, 0.2) is 11.6 Å². The van der Waals surface area contributed by atoms with Crippen molar-refractivity contribution in [2.24, 2.45) is 0 Å². The van der Waals surface area contributed by atoms with Crippen LogP contribution >= 0.6 is 34.2 Å². The maximum atomic E-state index is 13.4. The molecule has 0 unspecified atom stereocenters. The molecule has 1 nitrogen and oxygen atoms in total. The van der Waals surface area contributed by atoms with Crippen LogP contribution in [0.5, 0.6) is 11.5 Å². The summed E-state index contributed by atoms with van der Waals surface area (Å²) in [5.74, 6) is 0.304. The summed E-state index contributed by atoms with van der Waals surface area (Å²) < 4.78 is 19.9. The molecule has 4 heteroatoms. The Bertz CT molecular complexity index is 499. The molecule has 0 aliphatic rings. The highest BCUT2D eigenvalue weighted by atomic mass is 127. The van der Waals surface area contributed by atoms with Gasteiger partial charge in [0.05, 0.1) is 0 Å². The number of hydrogen-bond donors (Lipinski definition) is 0. The van der Waals surface area contributed by atoms with Gasteiger partial charge in [0.1, 0.15) is 5.75 Å². The molecular weight excluding hydrogens is 341 g/mol. The first-order valence-corrected chi connectivity index (χ1v) is 5.99. The smallest absolute Gasteiger partial charge is 0.167 e. The van der Waals surface area contributed by atoms with Crippen LogP contribution in [0.2, 0.25) is 5.02 Å². The van der Waals surface area contributed by atoms with E-state index in [4.69, 9.17) is 16.3 Å². The molecule has 0 bridgehead atoms. The molecule has 2 rings (SSSR count). The molecule has 0 fully saturated rings. The summed E-state index contributed by atoms with van der Waals surface area (Å²) in [6.45, 7) is 0. The minimum atomic E-state index is -0.467. The van der Waals surface area contributed by atoms with Crippen LogP contribution in [0.1, 0.15) is 0 Å². The average Bonchev–Trinajstić information content (AvgIpc) is 2.25. The lowest BCUT2D eigenvalue weighted by atomic mass is 10.3. The SMILES string of the molecule is Fc1cc(Cl)ccc1Oc1ccc(I)cc1.